The average molecular weight is 384 g/mol. The van der Waals surface area contributed by atoms with Gasteiger partial charge in [-0.3, -0.25) is 0 Å². The molecular weight excluding hydrogens is 365 g/mol. The van der Waals surface area contributed by atoms with Crippen molar-refractivity contribution < 1.29 is 13.2 Å². The number of hydrogen-bond acceptors (Lipinski definition) is 4. The normalized spacial score (nSPS) is 13.9. The molecule has 0 atom stereocenters. The quantitative estimate of drug-likeness (QED) is 0.635. The Balaban J connectivity index is 1.71. The maximum atomic E-state index is 13.3. The summed E-state index contributed by atoms with van der Waals surface area (Å²) in [5.41, 5.74) is 2.19. The zero-order chi connectivity index (χ0) is 19.7. The third-order valence-electron chi connectivity index (χ3n) is 4.69. The van der Waals surface area contributed by atoms with Crippen LogP contribution < -0.4 is 10.2 Å². The average Bonchev–Trinajstić information content (AvgIpc) is 2.66. The number of nitrogens with one attached hydrogen (secondary N) is 1. The van der Waals surface area contributed by atoms with Gasteiger partial charge < -0.3 is 10.2 Å². The maximum Gasteiger partial charge on any atom is 0.418 e. The van der Waals surface area contributed by atoms with Crippen molar-refractivity contribution in [2.45, 2.75) is 25.9 Å². The number of hydrogen-bond donors (Lipinski definition) is 1. The summed E-state index contributed by atoms with van der Waals surface area (Å²) in [5.74, 6) is 0.821. The second kappa shape index (κ2) is 7.14. The third-order valence-corrected chi connectivity index (χ3v) is 4.69. The fourth-order valence-electron chi connectivity index (χ4n) is 3.46. The first-order chi connectivity index (χ1) is 13.4. The van der Waals surface area contributed by atoms with E-state index in [9.17, 15) is 13.2 Å². The fourth-order valence-corrected chi connectivity index (χ4v) is 3.46. The van der Waals surface area contributed by atoms with Crippen LogP contribution in [0.4, 0.5) is 36.3 Å². The SMILES string of the molecule is Cc1cc(Nc2ccccc2C(F)(F)F)nc(N2CCCc3ccccc32)n1. The van der Waals surface area contributed by atoms with Crippen LogP contribution in [-0.4, -0.2) is 16.5 Å². The van der Waals surface area contributed by atoms with E-state index >= 15 is 0 Å². The number of fused-ring (bicyclic) bond motifs is 1. The van der Waals surface area contributed by atoms with Crippen molar-refractivity contribution in [3.05, 3.63) is 71.4 Å². The summed E-state index contributed by atoms with van der Waals surface area (Å²) in [5, 5.41) is 2.83. The first kappa shape index (κ1) is 18.3. The topological polar surface area (TPSA) is 41.1 Å². The largest absolute Gasteiger partial charge is 0.418 e. The van der Waals surface area contributed by atoms with E-state index in [1.54, 1.807) is 12.1 Å². The van der Waals surface area contributed by atoms with Gasteiger partial charge in [0.05, 0.1) is 11.3 Å². The zero-order valence-corrected chi connectivity index (χ0v) is 15.3. The summed E-state index contributed by atoms with van der Waals surface area (Å²) in [6.07, 6.45) is -2.49. The van der Waals surface area contributed by atoms with Gasteiger partial charge >= 0.3 is 6.18 Å². The monoisotopic (exact) mass is 384 g/mol. The minimum atomic E-state index is -4.44. The predicted octanol–water partition coefficient (Wildman–Crippen LogP) is 5.63. The standard InChI is InChI=1S/C21H19F3N4/c1-14-13-19(26-17-10-4-3-9-16(17)21(22,23)24)27-20(25-14)28-12-6-8-15-7-2-5-11-18(15)28/h2-5,7,9-11,13H,6,8,12H2,1H3,(H,25,26,27). The Morgan fingerprint density at radius 3 is 2.57 bits per heavy atom. The highest BCUT2D eigenvalue weighted by atomic mass is 19.4. The van der Waals surface area contributed by atoms with Crippen molar-refractivity contribution in [2.75, 3.05) is 16.8 Å². The van der Waals surface area contributed by atoms with Crippen molar-refractivity contribution in [3.8, 4) is 0 Å². The number of benzene rings is 2. The van der Waals surface area contributed by atoms with Crippen LogP contribution in [0.1, 0.15) is 23.2 Å². The molecule has 1 N–H and O–H groups in total. The molecular formula is C21H19F3N4. The van der Waals surface area contributed by atoms with E-state index in [4.69, 9.17) is 0 Å². The molecule has 144 valence electrons. The van der Waals surface area contributed by atoms with Crippen molar-refractivity contribution in [1.82, 2.24) is 9.97 Å². The Hall–Kier alpha value is -3.09. The molecule has 0 amide bonds. The number of aryl methyl sites for hydroxylation is 2. The van der Waals surface area contributed by atoms with Crippen molar-refractivity contribution >= 4 is 23.1 Å². The first-order valence-electron chi connectivity index (χ1n) is 9.06. The second-order valence-electron chi connectivity index (χ2n) is 6.75. The number of para-hydroxylation sites is 2. The van der Waals surface area contributed by atoms with Crippen LogP contribution in [0, 0.1) is 6.92 Å². The predicted molar refractivity (Wildman–Crippen MR) is 103 cm³/mol. The molecule has 2 aromatic carbocycles. The van der Waals surface area contributed by atoms with E-state index < -0.39 is 11.7 Å². The van der Waals surface area contributed by atoms with Crippen LogP contribution in [0.3, 0.4) is 0 Å². The summed E-state index contributed by atoms with van der Waals surface area (Å²) < 4.78 is 39.9. The van der Waals surface area contributed by atoms with Crippen LogP contribution in [0.5, 0.6) is 0 Å². The number of aromatic nitrogens is 2. The van der Waals surface area contributed by atoms with Crippen LogP contribution in [0.2, 0.25) is 0 Å². The van der Waals surface area contributed by atoms with Gasteiger partial charge in [-0.25, -0.2) is 4.98 Å². The van der Waals surface area contributed by atoms with Crippen LogP contribution in [0.15, 0.2) is 54.6 Å². The molecule has 3 aromatic rings. The molecule has 0 spiro atoms. The molecule has 0 bridgehead atoms. The molecule has 4 nitrogen and oxygen atoms in total. The second-order valence-corrected chi connectivity index (χ2v) is 6.75. The lowest BCUT2D eigenvalue weighted by molar-refractivity contribution is -0.136. The fraction of sp³-hybridized carbons (Fsp3) is 0.238. The van der Waals surface area contributed by atoms with Gasteiger partial charge in [-0.05, 0) is 43.5 Å². The number of nitrogens with zero attached hydrogens (tertiary/aromatic N) is 3. The van der Waals surface area contributed by atoms with E-state index in [1.165, 1.54) is 17.7 Å². The molecule has 0 radical (unpaired) electrons. The Morgan fingerprint density at radius 2 is 1.75 bits per heavy atom. The lowest BCUT2D eigenvalue weighted by Crippen LogP contribution is -2.26. The molecule has 2 heterocycles. The molecule has 0 saturated heterocycles. The van der Waals surface area contributed by atoms with Gasteiger partial charge in [0.25, 0.3) is 0 Å². The Bertz CT molecular complexity index is 1000. The lowest BCUT2D eigenvalue weighted by Gasteiger charge is -2.29. The van der Waals surface area contributed by atoms with Gasteiger partial charge in [0.1, 0.15) is 5.82 Å². The van der Waals surface area contributed by atoms with E-state index in [0.717, 1.165) is 31.1 Å². The summed E-state index contributed by atoms with van der Waals surface area (Å²) >= 11 is 0. The van der Waals surface area contributed by atoms with Crippen LogP contribution in [0.25, 0.3) is 0 Å². The Labute approximate surface area is 161 Å². The van der Waals surface area contributed by atoms with Crippen molar-refractivity contribution in [3.63, 3.8) is 0 Å². The molecule has 1 aliphatic heterocycles. The first-order valence-corrected chi connectivity index (χ1v) is 9.06. The van der Waals surface area contributed by atoms with Crippen molar-refractivity contribution in [2.24, 2.45) is 0 Å². The summed E-state index contributed by atoms with van der Waals surface area (Å²) in [6, 6.07) is 15.1. The summed E-state index contributed by atoms with van der Waals surface area (Å²) in [4.78, 5) is 11.1. The van der Waals surface area contributed by atoms with Gasteiger partial charge in [0.2, 0.25) is 5.95 Å². The zero-order valence-electron chi connectivity index (χ0n) is 15.3. The molecule has 0 aliphatic carbocycles. The highest BCUT2D eigenvalue weighted by molar-refractivity contribution is 5.66. The highest BCUT2D eigenvalue weighted by Gasteiger charge is 2.33. The van der Waals surface area contributed by atoms with Gasteiger partial charge in [-0.1, -0.05) is 30.3 Å². The Kier molecular flexibility index (Phi) is 4.66. The number of rotatable bonds is 3. The molecule has 0 saturated carbocycles. The molecule has 0 unspecified atom stereocenters. The van der Waals surface area contributed by atoms with E-state index in [2.05, 4.69) is 21.4 Å². The maximum absolute atomic E-state index is 13.3. The number of alkyl halides is 3. The highest BCUT2D eigenvalue weighted by Crippen LogP contribution is 2.36. The van der Waals surface area contributed by atoms with Crippen LogP contribution >= 0.6 is 0 Å². The van der Waals surface area contributed by atoms with E-state index in [0.29, 0.717) is 17.5 Å². The van der Waals surface area contributed by atoms with Crippen LogP contribution in [-0.2, 0) is 12.6 Å². The lowest BCUT2D eigenvalue weighted by atomic mass is 10.0. The molecule has 28 heavy (non-hydrogen) atoms. The van der Waals surface area contributed by atoms with Gasteiger partial charge in [0.15, 0.2) is 0 Å². The minimum Gasteiger partial charge on any atom is -0.340 e. The van der Waals surface area contributed by atoms with Gasteiger partial charge in [-0.2, -0.15) is 18.2 Å². The number of halogens is 3. The van der Waals surface area contributed by atoms with E-state index in [1.807, 2.05) is 30.0 Å². The molecule has 7 heteroatoms. The van der Waals surface area contributed by atoms with Crippen molar-refractivity contribution in [1.29, 1.82) is 0 Å². The Morgan fingerprint density at radius 1 is 1.00 bits per heavy atom. The third kappa shape index (κ3) is 3.65. The molecule has 1 aromatic heterocycles. The smallest absolute Gasteiger partial charge is 0.340 e. The minimum absolute atomic E-state index is 0.0295. The number of anilines is 4. The molecule has 1 aliphatic rings. The summed E-state index contributed by atoms with van der Waals surface area (Å²) in [7, 11) is 0. The summed E-state index contributed by atoms with van der Waals surface area (Å²) in [6.45, 7) is 2.57. The molecule has 4 rings (SSSR count). The van der Waals surface area contributed by atoms with Gasteiger partial charge in [0, 0.05) is 24.0 Å². The van der Waals surface area contributed by atoms with E-state index in [-0.39, 0.29) is 5.69 Å². The molecule has 0 fully saturated rings. The van der Waals surface area contributed by atoms with Gasteiger partial charge in [-0.15, -0.1) is 0 Å².